The van der Waals surface area contributed by atoms with Crippen LogP contribution in [0.4, 0.5) is 5.95 Å². The van der Waals surface area contributed by atoms with Crippen molar-refractivity contribution >= 4 is 18.0 Å². The Hall–Kier alpha value is -2.35. The van der Waals surface area contributed by atoms with Gasteiger partial charge in [0, 0.05) is 30.6 Å². The smallest absolute Gasteiger partial charge is 0.328 e. The number of rotatable bonds is 5. The molecule has 0 amide bonds. The van der Waals surface area contributed by atoms with E-state index in [1.807, 2.05) is 11.8 Å². The van der Waals surface area contributed by atoms with E-state index < -0.39 is 5.97 Å². The summed E-state index contributed by atoms with van der Waals surface area (Å²) in [5.74, 6) is 2.06. The van der Waals surface area contributed by atoms with E-state index in [0.717, 1.165) is 6.08 Å². The summed E-state index contributed by atoms with van der Waals surface area (Å²) in [7, 11) is 0. The van der Waals surface area contributed by atoms with Gasteiger partial charge < -0.3 is 10.0 Å². The van der Waals surface area contributed by atoms with Gasteiger partial charge in [0.25, 0.3) is 0 Å². The highest BCUT2D eigenvalue weighted by molar-refractivity contribution is 5.85. The lowest BCUT2D eigenvalue weighted by Crippen LogP contribution is -2.24. The molecule has 1 rings (SSSR count). The number of carbonyl (C=O) groups is 1. The molecule has 0 unspecified atom stereocenters. The van der Waals surface area contributed by atoms with Crippen LogP contribution in [-0.4, -0.2) is 34.1 Å². The lowest BCUT2D eigenvalue weighted by atomic mass is 10.3. The molecule has 0 aliphatic heterocycles. The minimum Gasteiger partial charge on any atom is -0.478 e. The van der Waals surface area contributed by atoms with Crippen LogP contribution < -0.4 is 4.90 Å². The fourth-order valence-corrected chi connectivity index (χ4v) is 1.18. The number of anilines is 1. The van der Waals surface area contributed by atoms with Gasteiger partial charge in [-0.1, -0.05) is 5.92 Å². The van der Waals surface area contributed by atoms with Crippen LogP contribution in [-0.2, 0) is 4.79 Å². The van der Waals surface area contributed by atoms with E-state index in [4.69, 9.17) is 11.5 Å². The first-order chi connectivity index (χ1) is 8.17. The highest BCUT2D eigenvalue weighted by atomic mass is 16.4. The lowest BCUT2D eigenvalue weighted by Gasteiger charge is -2.17. The number of hydrogen-bond donors (Lipinski definition) is 1. The average molecular weight is 231 g/mol. The molecule has 1 N–H and O–H groups in total. The van der Waals surface area contributed by atoms with E-state index in [1.54, 1.807) is 12.4 Å². The molecule has 0 fully saturated rings. The molecule has 0 radical (unpaired) electrons. The van der Waals surface area contributed by atoms with E-state index in [0.29, 0.717) is 24.6 Å². The Morgan fingerprint density at radius 3 is 2.71 bits per heavy atom. The number of hydrogen-bond acceptors (Lipinski definition) is 4. The first kappa shape index (κ1) is 12.7. The Balaban J connectivity index is 2.80. The third kappa shape index (κ3) is 3.95. The zero-order valence-electron chi connectivity index (χ0n) is 9.50. The Kier molecular flexibility index (Phi) is 4.70. The van der Waals surface area contributed by atoms with Crippen molar-refractivity contribution in [1.82, 2.24) is 9.97 Å². The first-order valence-electron chi connectivity index (χ1n) is 5.08. The van der Waals surface area contributed by atoms with Crippen LogP contribution in [0.5, 0.6) is 0 Å². The third-order valence-electron chi connectivity index (χ3n) is 2.02. The highest BCUT2D eigenvalue weighted by Crippen LogP contribution is 2.07. The Labute approximate surface area is 99.8 Å². The van der Waals surface area contributed by atoms with Crippen molar-refractivity contribution in [3.8, 4) is 12.3 Å². The lowest BCUT2D eigenvalue weighted by molar-refractivity contribution is -0.131. The molecule has 0 spiro atoms. The van der Waals surface area contributed by atoms with Gasteiger partial charge in [-0.3, -0.25) is 0 Å². The molecule has 0 saturated heterocycles. The van der Waals surface area contributed by atoms with Gasteiger partial charge in [0.2, 0.25) is 5.95 Å². The summed E-state index contributed by atoms with van der Waals surface area (Å²) in [6, 6.07) is 0. The molecule has 17 heavy (non-hydrogen) atoms. The fourth-order valence-electron chi connectivity index (χ4n) is 1.18. The molecule has 0 bridgehead atoms. The summed E-state index contributed by atoms with van der Waals surface area (Å²) < 4.78 is 0. The molecule has 1 heterocycles. The first-order valence-corrected chi connectivity index (χ1v) is 5.08. The molecule has 0 aromatic carbocycles. The second-order valence-corrected chi connectivity index (χ2v) is 3.21. The predicted molar refractivity (Wildman–Crippen MR) is 65.4 cm³/mol. The zero-order valence-corrected chi connectivity index (χ0v) is 9.50. The second kappa shape index (κ2) is 6.28. The quantitative estimate of drug-likeness (QED) is 0.605. The highest BCUT2D eigenvalue weighted by Gasteiger charge is 2.04. The SMILES string of the molecule is C#CCN(CC)c1ncc(/C=C/C(=O)O)cn1. The molecule has 5 nitrogen and oxygen atoms in total. The van der Waals surface area contributed by atoms with Gasteiger partial charge in [-0.2, -0.15) is 0 Å². The van der Waals surface area contributed by atoms with Crippen molar-refractivity contribution in [2.24, 2.45) is 0 Å². The summed E-state index contributed by atoms with van der Waals surface area (Å²) in [5, 5.41) is 8.47. The van der Waals surface area contributed by atoms with Gasteiger partial charge in [-0.25, -0.2) is 14.8 Å². The number of aliphatic carboxylic acids is 1. The monoisotopic (exact) mass is 231 g/mol. The number of nitrogens with zero attached hydrogens (tertiary/aromatic N) is 3. The van der Waals surface area contributed by atoms with Gasteiger partial charge in [0.05, 0.1) is 6.54 Å². The van der Waals surface area contributed by atoms with E-state index >= 15 is 0 Å². The molecule has 5 heteroatoms. The van der Waals surface area contributed by atoms with Crippen molar-refractivity contribution in [3.63, 3.8) is 0 Å². The number of carboxylic acid groups (broad SMARTS) is 1. The molecule has 88 valence electrons. The molecular weight excluding hydrogens is 218 g/mol. The molecule has 0 aliphatic rings. The van der Waals surface area contributed by atoms with Gasteiger partial charge in [0.1, 0.15) is 0 Å². The summed E-state index contributed by atoms with van der Waals surface area (Å²) in [5.41, 5.74) is 0.632. The van der Waals surface area contributed by atoms with Crippen LogP contribution in [0.15, 0.2) is 18.5 Å². The molecular formula is C12H13N3O2. The summed E-state index contributed by atoms with van der Waals surface area (Å²) >= 11 is 0. The minimum atomic E-state index is -1.00. The van der Waals surface area contributed by atoms with E-state index in [1.165, 1.54) is 6.08 Å². The third-order valence-corrected chi connectivity index (χ3v) is 2.02. The molecule has 1 aromatic rings. The van der Waals surface area contributed by atoms with Crippen LogP contribution in [0, 0.1) is 12.3 Å². The maximum absolute atomic E-state index is 10.3. The maximum atomic E-state index is 10.3. The summed E-state index contributed by atoms with van der Waals surface area (Å²) in [6.45, 7) is 3.12. The number of terminal acetylenes is 1. The van der Waals surface area contributed by atoms with Gasteiger partial charge >= 0.3 is 5.97 Å². The predicted octanol–water partition coefficient (Wildman–Crippen LogP) is 1.03. The Bertz CT molecular complexity index is 446. The maximum Gasteiger partial charge on any atom is 0.328 e. The Morgan fingerprint density at radius 2 is 2.24 bits per heavy atom. The molecule has 0 atom stereocenters. The van der Waals surface area contributed by atoms with Crippen LogP contribution >= 0.6 is 0 Å². The van der Waals surface area contributed by atoms with Crippen molar-refractivity contribution in [2.45, 2.75) is 6.92 Å². The van der Waals surface area contributed by atoms with Crippen molar-refractivity contribution < 1.29 is 9.90 Å². The van der Waals surface area contributed by atoms with E-state index in [-0.39, 0.29) is 0 Å². The molecule has 1 aromatic heterocycles. The van der Waals surface area contributed by atoms with Crippen molar-refractivity contribution in [3.05, 3.63) is 24.0 Å². The zero-order chi connectivity index (χ0) is 12.7. The minimum absolute atomic E-state index is 0.445. The van der Waals surface area contributed by atoms with Gasteiger partial charge in [0.15, 0.2) is 0 Å². The van der Waals surface area contributed by atoms with Crippen LogP contribution in [0.25, 0.3) is 6.08 Å². The number of carboxylic acids is 1. The van der Waals surface area contributed by atoms with E-state index in [2.05, 4.69) is 15.9 Å². The fraction of sp³-hybridized carbons (Fsp3) is 0.250. The van der Waals surface area contributed by atoms with Crippen molar-refractivity contribution in [2.75, 3.05) is 18.0 Å². The second-order valence-electron chi connectivity index (χ2n) is 3.21. The summed E-state index contributed by atoms with van der Waals surface area (Å²) in [6.07, 6.45) is 10.8. The Morgan fingerprint density at radius 1 is 1.59 bits per heavy atom. The van der Waals surface area contributed by atoms with E-state index in [9.17, 15) is 4.79 Å². The van der Waals surface area contributed by atoms with Crippen LogP contribution in [0.1, 0.15) is 12.5 Å². The van der Waals surface area contributed by atoms with Crippen molar-refractivity contribution in [1.29, 1.82) is 0 Å². The molecule has 0 saturated carbocycles. The standard InChI is InChI=1S/C12H13N3O2/c1-3-7-15(4-2)12-13-8-10(9-14-12)5-6-11(16)17/h1,5-6,8-9H,4,7H2,2H3,(H,16,17)/b6-5+. The number of aromatic nitrogens is 2. The van der Waals surface area contributed by atoms with Crippen LogP contribution in [0.3, 0.4) is 0 Å². The topological polar surface area (TPSA) is 66.3 Å². The largest absolute Gasteiger partial charge is 0.478 e. The molecule has 0 aliphatic carbocycles. The normalized spacial score (nSPS) is 10.1. The van der Waals surface area contributed by atoms with Gasteiger partial charge in [-0.05, 0) is 13.0 Å². The average Bonchev–Trinajstić information content (AvgIpc) is 2.34. The van der Waals surface area contributed by atoms with Gasteiger partial charge in [-0.15, -0.1) is 6.42 Å². The summed E-state index contributed by atoms with van der Waals surface area (Å²) in [4.78, 5) is 20.4. The van der Waals surface area contributed by atoms with Crippen LogP contribution in [0.2, 0.25) is 0 Å².